The molecule has 3 heterocycles. The maximum Gasteiger partial charge on any atom is 0.292 e. The normalized spacial score (nSPS) is 18.9. The largest absolute Gasteiger partial charge is 0.508 e. The van der Waals surface area contributed by atoms with E-state index in [9.17, 15) is 9.90 Å². The van der Waals surface area contributed by atoms with Crippen LogP contribution in [0.1, 0.15) is 41.1 Å². The number of likely N-dealkylation sites (tertiary alicyclic amines) is 1. The molecule has 0 spiro atoms. The first-order valence-corrected chi connectivity index (χ1v) is 9.50. The molecule has 2 N–H and O–H groups in total. The van der Waals surface area contributed by atoms with Crippen molar-refractivity contribution in [3.8, 4) is 5.75 Å². The molecule has 0 bridgehead atoms. The minimum atomic E-state index is -0.259. The molecule has 27 heavy (non-hydrogen) atoms. The molecule has 7 heteroatoms. The molecule has 4 rings (SSSR count). The van der Waals surface area contributed by atoms with Crippen LogP contribution < -0.4 is 5.32 Å². The molecule has 0 saturated carbocycles. The summed E-state index contributed by atoms with van der Waals surface area (Å²) in [5.41, 5.74) is 1.32. The van der Waals surface area contributed by atoms with Crippen molar-refractivity contribution in [2.45, 2.75) is 37.8 Å². The number of nitrogens with one attached hydrogen (secondary N) is 1. The first-order valence-electron chi connectivity index (χ1n) is 9.50. The van der Waals surface area contributed by atoms with Crippen molar-refractivity contribution in [2.24, 2.45) is 0 Å². The van der Waals surface area contributed by atoms with Gasteiger partial charge in [0.2, 0.25) is 5.76 Å². The number of carbonyl (C=O) groups is 1. The van der Waals surface area contributed by atoms with Crippen LogP contribution in [0.25, 0.3) is 0 Å². The summed E-state index contributed by atoms with van der Waals surface area (Å²) >= 11 is 0. The lowest BCUT2D eigenvalue weighted by Crippen LogP contribution is -2.61. The Kier molecular flexibility index (Phi) is 5.13. The maximum absolute atomic E-state index is 12.5. The zero-order chi connectivity index (χ0) is 18.7. The molecule has 0 unspecified atom stereocenters. The fourth-order valence-corrected chi connectivity index (χ4v) is 3.65. The number of aromatic hydroxyl groups is 1. The van der Waals surface area contributed by atoms with E-state index >= 15 is 0 Å². The Morgan fingerprint density at radius 1 is 1.22 bits per heavy atom. The van der Waals surface area contributed by atoms with E-state index in [4.69, 9.17) is 9.26 Å². The van der Waals surface area contributed by atoms with E-state index in [-0.39, 0.29) is 17.2 Å². The number of hydrogen-bond acceptors (Lipinski definition) is 6. The Bertz CT molecular complexity index is 794. The van der Waals surface area contributed by atoms with Gasteiger partial charge in [0.1, 0.15) is 5.75 Å². The Hall–Kier alpha value is -2.38. The molecule has 7 nitrogen and oxygen atoms in total. The molecule has 0 atom stereocenters. The fourth-order valence-electron chi connectivity index (χ4n) is 3.65. The van der Waals surface area contributed by atoms with Gasteiger partial charge in [-0.3, -0.25) is 4.79 Å². The number of ether oxygens (including phenoxy) is 1. The third-order valence-electron chi connectivity index (χ3n) is 5.33. The van der Waals surface area contributed by atoms with Gasteiger partial charge in [0.05, 0.1) is 24.4 Å². The van der Waals surface area contributed by atoms with E-state index in [1.54, 1.807) is 18.2 Å². The second kappa shape index (κ2) is 7.70. The molecule has 2 aromatic rings. The summed E-state index contributed by atoms with van der Waals surface area (Å²) in [7, 11) is 0. The fraction of sp³-hybridized carbons (Fsp3) is 0.500. The van der Waals surface area contributed by atoms with Crippen LogP contribution in [-0.2, 0) is 17.7 Å². The number of benzene rings is 1. The number of phenols is 1. The van der Waals surface area contributed by atoms with Crippen molar-refractivity contribution in [1.29, 1.82) is 0 Å². The second-order valence-electron chi connectivity index (χ2n) is 7.47. The van der Waals surface area contributed by atoms with Gasteiger partial charge in [0, 0.05) is 37.7 Å². The van der Waals surface area contributed by atoms with E-state index in [2.05, 4.69) is 10.5 Å². The molecule has 1 aromatic carbocycles. The lowest BCUT2D eigenvalue weighted by Gasteiger charge is -2.42. The Balaban J connectivity index is 1.39. The van der Waals surface area contributed by atoms with Crippen molar-refractivity contribution < 1.29 is 19.2 Å². The highest BCUT2D eigenvalue weighted by Gasteiger charge is 2.39. The van der Waals surface area contributed by atoms with Gasteiger partial charge in [-0.1, -0.05) is 23.4 Å². The summed E-state index contributed by atoms with van der Waals surface area (Å²) in [6.07, 6.45) is 3.88. The highest BCUT2D eigenvalue weighted by molar-refractivity contribution is 5.91. The number of amides is 1. The Labute approximate surface area is 158 Å². The van der Waals surface area contributed by atoms with Crippen LogP contribution in [0.4, 0.5) is 0 Å². The molecule has 2 fully saturated rings. The molecule has 0 radical (unpaired) electrons. The first-order chi connectivity index (χ1) is 13.2. The van der Waals surface area contributed by atoms with Crippen molar-refractivity contribution in [1.82, 2.24) is 15.4 Å². The topological polar surface area (TPSA) is 87.8 Å². The number of phenolic OH excluding ortho intramolecular Hbond substituents is 1. The van der Waals surface area contributed by atoms with Crippen LogP contribution in [0.15, 0.2) is 34.9 Å². The average Bonchev–Trinajstić information content (AvgIpc) is 3.13. The predicted molar refractivity (Wildman–Crippen MR) is 98.5 cm³/mol. The number of piperidine rings is 1. The van der Waals surface area contributed by atoms with Crippen LogP contribution in [0.5, 0.6) is 5.75 Å². The van der Waals surface area contributed by atoms with Crippen LogP contribution in [0, 0.1) is 0 Å². The van der Waals surface area contributed by atoms with Gasteiger partial charge < -0.3 is 24.6 Å². The molecule has 1 aromatic heterocycles. The summed E-state index contributed by atoms with van der Waals surface area (Å²) in [6.45, 7) is 3.22. The van der Waals surface area contributed by atoms with E-state index in [0.717, 1.165) is 37.2 Å². The minimum Gasteiger partial charge on any atom is -0.508 e. The van der Waals surface area contributed by atoms with Gasteiger partial charge in [0.15, 0.2) is 0 Å². The summed E-state index contributed by atoms with van der Waals surface area (Å²) in [4.78, 5) is 14.4. The number of nitrogens with zero attached hydrogens (tertiary/aromatic N) is 2. The van der Waals surface area contributed by atoms with Gasteiger partial charge in [-0.25, -0.2) is 0 Å². The SMILES string of the molecule is O=C(c1cc(CC2(NCc3ccccc3O)COC2)no1)N1CCCCC1. The average molecular weight is 371 g/mol. The van der Waals surface area contributed by atoms with Gasteiger partial charge >= 0.3 is 0 Å². The van der Waals surface area contributed by atoms with Crippen LogP contribution in [0.3, 0.4) is 0 Å². The second-order valence-corrected chi connectivity index (χ2v) is 7.47. The van der Waals surface area contributed by atoms with E-state index < -0.39 is 0 Å². The Morgan fingerprint density at radius 3 is 2.70 bits per heavy atom. The quantitative estimate of drug-likeness (QED) is 0.809. The molecular weight excluding hydrogens is 346 g/mol. The molecular formula is C20H25N3O4. The van der Waals surface area contributed by atoms with E-state index in [1.165, 1.54) is 6.42 Å². The van der Waals surface area contributed by atoms with Crippen LogP contribution >= 0.6 is 0 Å². The van der Waals surface area contributed by atoms with Gasteiger partial charge in [-0.2, -0.15) is 0 Å². The molecule has 2 aliphatic rings. The molecule has 2 aliphatic heterocycles. The zero-order valence-electron chi connectivity index (χ0n) is 15.3. The third-order valence-corrected chi connectivity index (χ3v) is 5.33. The monoisotopic (exact) mass is 371 g/mol. The van der Waals surface area contributed by atoms with E-state index in [1.807, 2.05) is 17.0 Å². The standard InChI is InChI=1S/C20H25N3O4/c24-17-7-3-2-6-15(17)12-21-20(13-26-14-20)11-16-10-18(27-22-16)19(25)23-8-4-1-5-9-23/h2-3,6-7,10,21,24H,1,4-5,8-9,11-14H2. The van der Waals surface area contributed by atoms with Gasteiger partial charge in [-0.15, -0.1) is 0 Å². The number of aromatic nitrogens is 1. The van der Waals surface area contributed by atoms with Crippen molar-refractivity contribution >= 4 is 5.91 Å². The zero-order valence-corrected chi connectivity index (χ0v) is 15.3. The summed E-state index contributed by atoms with van der Waals surface area (Å²) in [6, 6.07) is 9.02. The van der Waals surface area contributed by atoms with Gasteiger partial charge in [-0.05, 0) is 25.3 Å². The van der Waals surface area contributed by atoms with Crippen LogP contribution in [0.2, 0.25) is 0 Å². The first kappa shape index (κ1) is 18.0. The van der Waals surface area contributed by atoms with Crippen molar-refractivity contribution in [3.05, 3.63) is 47.3 Å². The summed E-state index contributed by atoms with van der Waals surface area (Å²) in [5, 5.41) is 17.5. The van der Waals surface area contributed by atoms with Gasteiger partial charge in [0.25, 0.3) is 5.91 Å². The maximum atomic E-state index is 12.5. The molecule has 0 aliphatic carbocycles. The summed E-state index contributed by atoms with van der Waals surface area (Å²) < 4.78 is 10.7. The molecule has 1 amide bonds. The molecule has 2 saturated heterocycles. The number of hydrogen-bond donors (Lipinski definition) is 2. The molecule has 144 valence electrons. The van der Waals surface area contributed by atoms with Crippen molar-refractivity contribution in [3.63, 3.8) is 0 Å². The van der Waals surface area contributed by atoms with E-state index in [0.29, 0.717) is 31.9 Å². The highest BCUT2D eigenvalue weighted by atomic mass is 16.5. The number of para-hydroxylation sites is 1. The smallest absolute Gasteiger partial charge is 0.292 e. The third kappa shape index (κ3) is 3.99. The Morgan fingerprint density at radius 2 is 2.00 bits per heavy atom. The minimum absolute atomic E-state index is 0.0745. The lowest BCUT2D eigenvalue weighted by molar-refractivity contribution is -0.0756. The predicted octanol–water partition coefficient (Wildman–Crippen LogP) is 2.11. The van der Waals surface area contributed by atoms with Crippen LogP contribution in [-0.4, -0.2) is 52.9 Å². The number of rotatable bonds is 6. The number of carbonyl (C=O) groups excluding carboxylic acids is 1. The van der Waals surface area contributed by atoms with Crippen molar-refractivity contribution in [2.75, 3.05) is 26.3 Å². The highest BCUT2D eigenvalue weighted by Crippen LogP contribution is 2.25. The lowest BCUT2D eigenvalue weighted by atomic mass is 9.90. The summed E-state index contributed by atoms with van der Waals surface area (Å²) in [5.74, 6) is 0.508.